The summed E-state index contributed by atoms with van der Waals surface area (Å²) in [5, 5.41) is 9.13. The second kappa shape index (κ2) is 11.0. The lowest BCUT2D eigenvalue weighted by Gasteiger charge is -2.13. The van der Waals surface area contributed by atoms with Gasteiger partial charge in [-0.25, -0.2) is 15.0 Å². The number of fused-ring (bicyclic) bond motifs is 6. The van der Waals surface area contributed by atoms with Gasteiger partial charge < -0.3 is 4.42 Å². The maximum atomic E-state index is 6.31. The van der Waals surface area contributed by atoms with E-state index >= 15 is 0 Å². The predicted molar refractivity (Wildman–Crippen MR) is 201 cm³/mol. The van der Waals surface area contributed by atoms with Crippen LogP contribution in [-0.2, 0) is 0 Å². The van der Waals surface area contributed by atoms with Crippen LogP contribution in [0.4, 0.5) is 0 Å². The fourth-order valence-corrected chi connectivity index (χ4v) is 7.14. The fourth-order valence-electron chi connectivity index (χ4n) is 7.14. The molecule has 0 saturated carbocycles. The minimum Gasteiger partial charge on any atom is -0.456 e. The van der Waals surface area contributed by atoms with Gasteiger partial charge in [0.2, 0.25) is 0 Å². The van der Waals surface area contributed by atoms with Crippen LogP contribution in [0.3, 0.4) is 0 Å². The zero-order valence-corrected chi connectivity index (χ0v) is 26.3. The van der Waals surface area contributed by atoms with Gasteiger partial charge in [0.15, 0.2) is 17.5 Å². The molecule has 0 fully saturated rings. The van der Waals surface area contributed by atoms with Gasteiger partial charge in [0.25, 0.3) is 0 Å². The Morgan fingerprint density at radius 1 is 0.306 bits per heavy atom. The molecule has 0 bridgehead atoms. The molecule has 228 valence electrons. The van der Waals surface area contributed by atoms with Crippen LogP contribution in [0.1, 0.15) is 0 Å². The standard InChI is InChI=1S/C45H27N3O/c1-2-12-29(13-3-1)43-46-44(32-23-24-41-39(26-32)40-25-30-14-4-5-15-31(30)27-42(40)49-41)48-45(47-43)38-22-10-20-36-35(19-9-21-37(36)38)34-18-8-16-28-11-6-7-17-33(28)34/h1-27H. The van der Waals surface area contributed by atoms with Crippen molar-refractivity contribution >= 4 is 54.3 Å². The normalized spacial score (nSPS) is 11.7. The number of benzene rings is 8. The quantitative estimate of drug-likeness (QED) is 0.195. The Morgan fingerprint density at radius 3 is 1.67 bits per heavy atom. The molecule has 0 aliphatic heterocycles. The van der Waals surface area contributed by atoms with Gasteiger partial charge in [-0.05, 0) is 73.8 Å². The van der Waals surface area contributed by atoms with Crippen LogP contribution >= 0.6 is 0 Å². The molecule has 0 N–H and O–H groups in total. The van der Waals surface area contributed by atoms with E-state index < -0.39 is 0 Å². The van der Waals surface area contributed by atoms with Crippen molar-refractivity contribution in [3.8, 4) is 45.3 Å². The highest BCUT2D eigenvalue weighted by atomic mass is 16.3. The molecule has 0 aliphatic carbocycles. The van der Waals surface area contributed by atoms with Gasteiger partial charge in [0, 0.05) is 27.5 Å². The maximum Gasteiger partial charge on any atom is 0.164 e. The summed E-state index contributed by atoms with van der Waals surface area (Å²) >= 11 is 0. The van der Waals surface area contributed by atoms with Crippen molar-refractivity contribution in [2.75, 3.05) is 0 Å². The van der Waals surface area contributed by atoms with Crippen LogP contribution in [-0.4, -0.2) is 15.0 Å². The number of hydrogen-bond acceptors (Lipinski definition) is 4. The minimum absolute atomic E-state index is 0.614. The van der Waals surface area contributed by atoms with Crippen LogP contribution in [0, 0.1) is 0 Å². The van der Waals surface area contributed by atoms with E-state index in [1.807, 2.05) is 42.5 Å². The summed E-state index contributed by atoms with van der Waals surface area (Å²) in [4.78, 5) is 15.3. The molecule has 2 aromatic heterocycles. The van der Waals surface area contributed by atoms with Crippen molar-refractivity contribution in [3.05, 3.63) is 164 Å². The van der Waals surface area contributed by atoms with Crippen molar-refractivity contribution in [1.82, 2.24) is 15.0 Å². The molecule has 8 aromatic carbocycles. The Labute approximate surface area is 282 Å². The van der Waals surface area contributed by atoms with Gasteiger partial charge in [-0.2, -0.15) is 0 Å². The summed E-state index contributed by atoms with van der Waals surface area (Å²) in [7, 11) is 0. The van der Waals surface area contributed by atoms with Crippen LogP contribution < -0.4 is 0 Å². The summed E-state index contributed by atoms with van der Waals surface area (Å²) < 4.78 is 6.31. The third kappa shape index (κ3) is 4.57. The summed E-state index contributed by atoms with van der Waals surface area (Å²) in [6.45, 7) is 0. The first-order valence-corrected chi connectivity index (χ1v) is 16.4. The van der Waals surface area contributed by atoms with Gasteiger partial charge in [0.1, 0.15) is 11.2 Å². The Bertz CT molecular complexity index is 2890. The summed E-state index contributed by atoms with van der Waals surface area (Å²) in [5.74, 6) is 1.88. The molecular formula is C45H27N3O. The zero-order valence-electron chi connectivity index (χ0n) is 26.3. The number of hydrogen-bond donors (Lipinski definition) is 0. The lowest BCUT2D eigenvalue weighted by atomic mass is 9.92. The first-order valence-electron chi connectivity index (χ1n) is 16.4. The molecule has 0 radical (unpaired) electrons. The van der Waals surface area contributed by atoms with Gasteiger partial charge in [-0.3, -0.25) is 0 Å². The first kappa shape index (κ1) is 27.5. The highest BCUT2D eigenvalue weighted by Crippen LogP contribution is 2.38. The molecule has 0 spiro atoms. The highest BCUT2D eigenvalue weighted by molar-refractivity contribution is 6.11. The molecule has 2 heterocycles. The number of furan rings is 1. The second-order valence-corrected chi connectivity index (χ2v) is 12.4. The topological polar surface area (TPSA) is 51.8 Å². The molecule has 10 aromatic rings. The van der Waals surface area contributed by atoms with Gasteiger partial charge in [0.05, 0.1) is 0 Å². The zero-order chi connectivity index (χ0) is 32.3. The molecule has 4 nitrogen and oxygen atoms in total. The van der Waals surface area contributed by atoms with Crippen LogP contribution in [0.25, 0.3) is 99.5 Å². The molecule has 0 atom stereocenters. The summed E-state index contributed by atoms with van der Waals surface area (Å²) in [5.41, 5.74) is 6.88. The Morgan fingerprint density at radius 2 is 0.857 bits per heavy atom. The van der Waals surface area contributed by atoms with Crippen molar-refractivity contribution < 1.29 is 4.42 Å². The average molecular weight is 626 g/mol. The largest absolute Gasteiger partial charge is 0.456 e. The molecule has 49 heavy (non-hydrogen) atoms. The smallest absolute Gasteiger partial charge is 0.164 e. The second-order valence-electron chi connectivity index (χ2n) is 12.4. The van der Waals surface area contributed by atoms with E-state index in [1.54, 1.807) is 0 Å². The molecule has 4 heteroatoms. The van der Waals surface area contributed by atoms with Gasteiger partial charge in [-0.1, -0.05) is 133 Å². The van der Waals surface area contributed by atoms with Gasteiger partial charge in [-0.15, -0.1) is 0 Å². The van der Waals surface area contributed by atoms with Gasteiger partial charge >= 0.3 is 0 Å². The Kier molecular flexibility index (Phi) is 6.15. The fraction of sp³-hybridized carbons (Fsp3) is 0. The third-order valence-electron chi connectivity index (χ3n) is 9.51. The number of nitrogens with zero attached hydrogens (tertiary/aromatic N) is 3. The SMILES string of the molecule is c1ccc(-c2nc(-c3ccc4oc5cc6ccccc6cc5c4c3)nc(-c3cccc4c(-c5cccc6ccccc56)cccc34)n2)cc1. The lowest BCUT2D eigenvalue weighted by Crippen LogP contribution is -2.00. The predicted octanol–water partition coefficient (Wildman–Crippen LogP) is 11.9. The highest BCUT2D eigenvalue weighted by Gasteiger charge is 2.17. The average Bonchev–Trinajstić information content (AvgIpc) is 3.53. The number of rotatable bonds is 4. The summed E-state index contributed by atoms with van der Waals surface area (Å²) in [6, 6.07) is 57.0. The van der Waals surface area contributed by atoms with Crippen LogP contribution in [0.15, 0.2) is 168 Å². The molecule has 10 rings (SSSR count). The van der Waals surface area contributed by atoms with E-state index in [4.69, 9.17) is 19.4 Å². The third-order valence-corrected chi connectivity index (χ3v) is 9.51. The lowest BCUT2D eigenvalue weighted by molar-refractivity contribution is 0.669. The molecule has 0 amide bonds. The minimum atomic E-state index is 0.614. The Balaban J connectivity index is 1.18. The van der Waals surface area contributed by atoms with Crippen LogP contribution in [0.5, 0.6) is 0 Å². The van der Waals surface area contributed by atoms with E-state index in [2.05, 4.69) is 121 Å². The van der Waals surface area contributed by atoms with E-state index in [0.29, 0.717) is 17.5 Å². The van der Waals surface area contributed by atoms with E-state index in [0.717, 1.165) is 54.8 Å². The number of aromatic nitrogens is 3. The molecular weight excluding hydrogens is 599 g/mol. The van der Waals surface area contributed by atoms with Crippen LogP contribution in [0.2, 0.25) is 0 Å². The van der Waals surface area contributed by atoms with Crippen molar-refractivity contribution in [2.45, 2.75) is 0 Å². The van der Waals surface area contributed by atoms with Crippen molar-refractivity contribution in [1.29, 1.82) is 0 Å². The Hall–Kier alpha value is -6.65. The maximum absolute atomic E-state index is 6.31. The van der Waals surface area contributed by atoms with E-state index in [-0.39, 0.29) is 0 Å². The molecule has 0 unspecified atom stereocenters. The molecule has 0 saturated heterocycles. The molecule has 0 aliphatic rings. The summed E-state index contributed by atoms with van der Waals surface area (Å²) in [6.07, 6.45) is 0. The van der Waals surface area contributed by atoms with Crippen molar-refractivity contribution in [2.24, 2.45) is 0 Å². The first-order chi connectivity index (χ1) is 24.3. The monoisotopic (exact) mass is 625 g/mol. The van der Waals surface area contributed by atoms with Crippen molar-refractivity contribution in [3.63, 3.8) is 0 Å². The van der Waals surface area contributed by atoms with E-state index in [1.165, 1.54) is 27.3 Å². The van der Waals surface area contributed by atoms with E-state index in [9.17, 15) is 0 Å².